The van der Waals surface area contributed by atoms with Crippen molar-refractivity contribution >= 4 is 27.6 Å². The average molecular weight is 359 g/mol. The van der Waals surface area contributed by atoms with Crippen LogP contribution in [0.4, 0.5) is 5.69 Å². The van der Waals surface area contributed by atoms with Crippen molar-refractivity contribution in [3.05, 3.63) is 21.0 Å². The third-order valence-corrected chi connectivity index (χ3v) is 4.37. The topological polar surface area (TPSA) is 87.5 Å². The van der Waals surface area contributed by atoms with Crippen molar-refractivity contribution in [1.29, 1.82) is 0 Å². The van der Waals surface area contributed by atoms with Crippen LogP contribution in [0.3, 0.4) is 0 Å². The van der Waals surface area contributed by atoms with Gasteiger partial charge in [0.25, 0.3) is 5.56 Å². The summed E-state index contributed by atoms with van der Waals surface area (Å²) in [5.74, 6) is -0.477. The Balaban J connectivity index is 2.02. The van der Waals surface area contributed by atoms with E-state index in [1.165, 1.54) is 4.68 Å². The second-order valence-electron chi connectivity index (χ2n) is 5.25. The summed E-state index contributed by atoms with van der Waals surface area (Å²) in [5.41, 5.74) is 0.652. The molecule has 7 nitrogen and oxygen atoms in total. The first-order valence-electron chi connectivity index (χ1n) is 6.88. The van der Waals surface area contributed by atoms with E-state index in [0.717, 1.165) is 31.6 Å². The molecule has 1 aromatic rings. The first-order chi connectivity index (χ1) is 9.99. The number of nitrogens with one attached hydrogen (secondary N) is 1. The lowest BCUT2D eigenvalue weighted by molar-refractivity contribution is -0.136. The summed E-state index contributed by atoms with van der Waals surface area (Å²) >= 11 is 3.35. The summed E-state index contributed by atoms with van der Waals surface area (Å²) in [6.45, 7) is 2.31. The number of hydrogen-bond donors (Lipinski definition) is 2. The molecular weight excluding hydrogens is 340 g/mol. The number of nitrogens with zero attached hydrogens (tertiary/aromatic N) is 3. The van der Waals surface area contributed by atoms with Gasteiger partial charge in [-0.1, -0.05) is 0 Å². The van der Waals surface area contributed by atoms with Crippen LogP contribution in [0.1, 0.15) is 12.8 Å². The Hall–Kier alpha value is -1.41. The first kappa shape index (κ1) is 16.0. The lowest BCUT2D eigenvalue weighted by Gasteiger charge is -2.34. The molecule has 1 aliphatic rings. The van der Waals surface area contributed by atoms with Crippen LogP contribution in [0.25, 0.3) is 0 Å². The molecule has 0 bridgehead atoms. The Kier molecular flexibility index (Phi) is 5.35. The zero-order valence-corrected chi connectivity index (χ0v) is 13.5. The third-order valence-electron chi connectivity index (χ3n) is 3.63. The normalized spacial score (nSPS) is 18.8. The van der Waals surface area contributed by atoms with Crippen molar-refractivity contribution in [3.63, 3.8) is 0 Å². The largest absolute Gasteiger partial charge is 0.480 e. The van der Waals surface area contributed by atoms with Gasteiger partial charge in [-0.2, -0.15) is 5.10 Å². The molecule has 0 saturated carbocycles. The Bertz CT molecular complexity index is 575. The van der Waals surface area contributed by atoms with Crippen molar-refractivity contribution in [2.75, 3.05) is 31.1 Å². The molecule has 1 unspecified atom stereocenters. The quantitative estimate of drug-likeness (QED) is 0.793. The number of piperidine rings is 1. The predicted octanol–water partition coefficient (Wildman–Crippen LogP) is 0.433. The predicted molar refractivity (Wildman–Crippen MR) is 82.6 cm³/mol. The van der Waals surface area contributed by atoms with Crippen molar-refractivity contribution < 1.29 is 9.90 Å². The molecule has 2 heterocycles. The smallest absolute Gasteiger partial charge is 0.317 e. The van der Waals surface area contributed by atoms with Crippen LogP contribution in [0.2, 0.25) is 0 Å². The molecule has 0 amide bonds. The number of aryl methyl sites for hydroxylation is 1. The number of hydrogen-bond acceptors (Lipinski definition) is 5. The van der Waals surface area contributed by atoms with Crippen LogP contribution >= 0.6 is 15.9 Å². The fourth-order valence-electron chi connectivity index (χ4n) is 2.56. The summed E-state index contributed by atoms with van der Waals surface area (Å²) in [6, 6.07) is 0. The van der Waals surface area contributed by atoms with Crippen molar-refractivity contribution in [2.45, 2.75) is 12.8 Å². The molecule has 2 N–H and O–H groups in total. The molecule has 0 radical (unpaired) electrons. The number of halogens is 1. The van der Waals surface area contributed by atoms with Gasteiger partial charge in [-0.05, 0) is 34.7 Å². The van der Waals surface area contributed by atoms with Crippen LogP contribution in [0.5, 0.6) is 0 Å². The zero-order chi connectivity index (χ0) is 15.4. The van der Waals surface area contributed by atoms with Gasteiger partial charge in [0.15, 0.2) is 0 Å². The Morgan fingerprint density at radius 2 is 2.38 bits per heavy atom. The van der Waals surface area contributed by atoms with Gasteiger partial charge in [0, 0.05) is 26.7 Å². The van der Waals surface area contributed by atoms with E-state index >= 15 is 0 Å². The van der Waals surface area contributed by atoms with E-state index in [0.29, 0.717) is 16.9 Å². The monoisotopic (exact) mass is 358 g/mol. The second-order valence-corrected chi connectivity index (χ2v) is 6.04. The maximum absolute atomic E-state index is 11.9. The molecule has 1 aromatic heterocycles. The van der Waals surface area contributed by atoms with Crippen LogP contribution in [-0.2, 0) is 11.8 Å². The van der Waals surface area contributed by atoms with Crippen LogP contribution in [0.15, 0.2) is 15.5 Å². The molecule has 116 valence electrons. The summed E-state index contributed by atoms with van der Waals surface area (Å²) in [7, 11) is 1.62. The average Bonchev–Trinajstić information content (AvgIpc) is 2.45. The molecule has 0 spiro atoms. The van der Waals surface area contributed by atoms with Gasteiger partial charge >= 0.3 is 5.97 Å². The molecule has 8 heteroatoms. The van der Waals surface area contributed by atoms with Gasteiger partial charge in [0.05, 0.1) is 18.4 Å². The minimum absolute atomic E-state index is 0.0202. The van der Waals surface area contributed by atoms with Gasteiger partial charge in [-0.3, -0.25) is 9.59 Å². The van der Waals surface area contributed by atoms with Gasteiger partial charge in [0.2, 0.25) is 0 Å². The van der Waals surface area contributed by atoms with Crippen molar-refractivity contribution in [2.24, 2.45) is 13.0 Å². The fourth-order valence-corrected chi connectivity index (χ4v) is 3.17. The summed E-state index contributed by atoms with van der Waals surface area (Å²) in [4.78, 5) is 24.6. The van der Waals surface area contributed by atoms with Crippen molar-refractivity contribution in [3.8, 4) is 0 Å². The molecule has 1 saturated heterocycles. The Labute approximate surface area is 131 Å². The summed E-state index contributed by atoms with van der Waals surface area (Å²) in [6.07, 6.45) is 3.76. The Morgan fingerprint density at radius 1 is 1.62 bits per heavy atom. The highest BCUT2D eigenvalue weighted by Crippen LogP contribution is 2.26. The summed E-state index contributed by atoms with van der Waals surface area (Å²) < 4.78 is 1.82. The minimum Gasteiger partial charge on any atom is -0.480 e. The SMILES string of the molecule is Cn1ncc(N2CCCC(CNCC(=O)O)C2)c(Br)c1=O. The number of aliphatic carboxylic acids is 1. The lowest BCUT2D eigenvalue weighted by atomic mass is 9.97. The second kappa shape index (κ2) is 7.04. The van der Waals surface area contributed by atoms with Gasteiger partial charge in [0.1, 0.15) is 4.47 Å². The molecule has 21 heavy (non-hydrogen) atoms. The highest BCUT2D eigenvalue weighted by atomic mass is 79.9. The van der Waals surface area contributed by atoms with E-state index in [9.17, 15) is 9.59 Å². The van der Waals surface area contributed by atoms with Crippen LogP contribution < -0.4 is 15.8 Å². The van der Waals surface area contributed by atoms with E-state index in [2.05, 4.69) is 31.2 Å². The van der Waals surface area contributed by atoms with Gasteiger partial charge in [-0.25, -0.2) is 4.68 Å². The van der Waals surface area contributed by atoms with Crippen molar-refractivity contribution in [1.82, 2.24) is 15.1 Å². The van der Waals surface area contributed by atoms with E-state index in [1.54, 1.807) is 13.2 Å². The lowest BCUT2D eigenvalue weighted by Crippen LogP contribution is -2.41. The molecular formula is C13H19BrN4O3. The minimum atomic E-state index is -0.846. The van der Waals surface area contributed by atoms with E-state index in [-0.39, 0.29) is 12.1 Å². The number of carboxylic acids is 1. The maximum Gasteiger partial charge on any atom is 0.317 e. The number of carboxylic acid groups (broad SMARTS) is 1. The molecule has 1 fully saturated rings. The van der Waals surface area contributed by atoms with E-state index in [4.69, 9.17) is 5.11 Å². The summed E-state index contributed by atoms with van der Waals surface area (Å²) in [5, 5.41) is 15.6. The van der Waals surface area contributed by atoms with Crippen LogP contribution in [-0.4, -0.2) is 47.0 Å². The zero-order valence-electron chi connectivity index (χ0n) is 11.9. The molecule has 0 aliphatic carbocycles. The number of rotatable bonds is 5. The van der Waals surface area contributed by atoms with Gasteiger partial charge in [-0.15, -0.1) is 0 Å². The third kappa shape index (κ3) is 4.04. The van der Waals surface area contributed by atoms with Gasteiger partial charge < -0.3 is 15.3 Å². The standard InChI is InChI=1S/C13H19BrN4O3/c1-17-13(21)12(14)10(6-16-17)18-4-2-3-9(8-18)5-15-7-11(19)20/h6,9,15H,2-5,7-8H2,1H3,(H,19,20). The van der Waals surface area contributed by atoms with E-state index in [1.807, 2.05) is 0 Å². The number of aromatic nitrogens is 2. The number of carbonyl (C=O) groups is 1. The first-order valence-corrected chi connectivity index (χ1v) is 7.67. The highest BCUT2D eigenvalue weighted by molar-refractivity contribution is 9.10. The molecule has 1 atom stereocenters. The molecule has 0 aromatic carbocycles. The highest BCUT2D eigenvalue weighted by Gasteiger charge is 2.22. The van der Waals surface area contributed by atoms with Crippen LogP contribution in [0, 0.1) is 5.92 Å². The molecule has 2 rings (SSSR count). The fraction of sp³-hybridized carbons (Fsp3) is 0.615. The Morgan fingerprint density at radius 3 is 3.10 bits per heavy atom. The number of anilines is 1. The maximum atomic E-state index is 11.9. The van der Waals surface area contributed by atoms with E-state index < -0.39 is 5.97 Å². The molecule has 1 aliphatic heterocycles.